The van der Waals surface area contributed by atoms with Gasteiger partial charge in [0.2, 0.25) is 0 Å². The first-order chi connectivity index (χ1) is 12.1. The fourth-order valence-corrected chi connectivity index (χ4v) is 1.98. The van der Waals surface area contributed by atoms with Crippen LogP contribution in [0, 0.1) is 29.3 Å². The van der Waals surface area contributed by atoms with Crippen molar-refractivity contribution in [1.29, 1.82) is 0 Å². The zero-order valence-corrected chi connectivity index (χ0v) is 17.6. The molecule has 3 heterocycles. The van der Waals surface area contributed by atoms with Crippen molar-refractivity contribution in [2.45, 2.75) is 38.5 Å². The third kappa shape index (κ3) is 15.5. The molecule has 1 aromatic carbocycles. The summed E-state index contributed by atoms with van der Waals surface area (Å²) < 4.78 is 62.6. The Kier molecular flexibility index (Phi) is 20.7. The summed E-state index contributed by atoms with van der Waals surface area (Å²) in [5.74, 6) is -5.92. The molecule has 0 aromatic heterocycles. The topological polar surface area (TPSA) is 27.7 Å². The van der Waals surface area contributed by atoms with Crippen molar-refractivity contribution in [3.8, 4) is 0 Å². The minimum Gasteiger partial charge on any atom is -1.00 e. The van der Waals surface area contributed by atoms with Gasteiger partial charge in [-0.25, -0.2) is 8.78 Å². The number of hydrogen-bond acceptors (Lipinski definition) is 3. The molecule has 3 nitrogen and oxygen atoms in total. The summed E-state index contributed by atoms with van der Waals surface area (Å²) in [7, 11) is 0. The molecular weight excluding hydrogens is 400 g/mol. The summed E-state index contributed by atoms with van der Waals surface area (Å²) >= 11 is 0. The molecule has 0 radical (unpaired) electrons. The summed E-state index contributed by atoms with van der Waals surface area (Å²) in [5, 5.41) is 0. The van der Waals surface area contributed by atoms with Gasteiger partial charge in [0.05, 0.1) is 0 Å². The van der Waals surface area contributed by atoms with Gasteiger partial charge in [0.15, 0.2) is 0 Å². The summed E-state index contributed by atoms with van der Waals surface area (Å²) in [6, 6.07) is 1.35. The second-order valence-electron chi connectivity index (χ2n) is 5.55. The summed E-state index contributed by atoms with van der Waals surface area (Å²) in [5.41, 5.74) is 0. The maximum absolute atomic E-state index is 11.9. The van der Waals surface area contributed by atoms with E-state index in [1.165, 1.54) is 44.6 Å². The van der Waals surface area contributed by atoms with E-state index in [-0.39, 0.29) is 41.5 Å². The van der Waals surface area contributed by atoms with E-state index < -0.39 is 23.3 Å². The van der Waals surface area contributed by atoms with Crippen LogP contribution < -0.4 is 12.4 Å². The Labute approximate surface area is 180 Å². The second-order valence-corrected chi connectivity index (χ2v) is 5.55. The van der Waals surface area contributed by atoms with Gasteiger partial charge in [-0.2, -0.15) is 0 Å². The Morgan fingerprint density at radius 1 is 0.593 bits per heavy atom. The molecule has 152 valence electrons. The molecule has 0 N–H and O–H groups in total. The molecule has 0 amide bonds. The van der Waals surface area contributed by atoms with E-state index in [1.54, 1.807) is 0 Å². The van der Waals surface area contributed by atoms with Crippen LogP contribution in [0.4, 0.5) is 17.6 Å². The predicted molar refractivity (Wildman–Crippen MR) is 91.0 cm³/mol. The van der Waals surface area contributed by atoms with E-state index in [4.69, 9.17) is 14.2 Å². The number of hydrogen-bond donors (Lipinski definition) is 0. The average Bonchev–Trinajstić information content (AvgIpc) is 3.42. The monoisotopic (exact) mass is 424 g/mol. The van der Waals surface area contributed by atoms with E-state index in [0.717, 1.165) is 39.6 Å². The van der Waals surface area contributed by atoms with Gasteiger partial charge in [0.1, 0.15) is 0 Å². The van der Waals surface area contributed by atoms with Gasteiger partial charge in [-0.1, -0.05) is 6.07 Å². The number of halogens is 5. The minimum atomic E-state index is -1.51. The molecule has 0 unspecified atom stereocenters. The normalized spacial score (nSPS) is 17.0. The maximum Gasteiger partial charge on any atom is 2.00 e. The van der Waals surface area contributed by atoms with Crippen molar-refractivity contribution < 1.29 is 44.2 Å². The number of benzene rings is 1. The van der Waals surface area contributed by atoms with E-state index in [0.29, 0.717) is 0 Å². The Morgan fingerprint density at radius 2 is 0.852 bits per heavy atom. The molecular formula is C18H25ClF4MgO3. The Balaban J connectivity index is 0. The van der Waals surface area contributed by atoms with Gasteiger partial charge < -0.3 is 26.6 Å². The van der Waals surface area contributed by atoms with Crippen LogP contribution in [0.2, 0.25) is 0 Å². The molecule has 3 saturated heterocycles. The molecule has 1 aromatic rings. The van der Waals surface area contributed by atoms with E-state index in [1.807, 2.05) is 0 Å². The third-order valence-electron chi connectivity index (χ3n) is 3.37. The molecule has 0 spiro atoms. The molecule has 27 heavy (non-hydrogen) atoms. The van der Waals surface area contributed by atoms with Crippen LogP contribution in [0.5, 0.6) is 0 Å². The minimum absolute atomic E-state index is 0. The van der Waals surface area contributed by atoms with Crippen LogP contribution in [0.15, 0.2) is 6.07 Å². The molecule has 3 fully saturated rings. The fourth-order valence-electron chi connectivity index (χ4n) is 1.98. The summed E-state index contributed by atoms with van der Waals surface area (Å²) in [6.07, 6.45) is 7.67. The molecule has 0 aliphatic carbocycles. The molecule has 0 atom stereocenters. The summed E-state index contributed by atoms with van der Waals surface area (Å²) in [6.45, 7) is 6.00. The molecule has 4 rings (SSSR count). The predicted octanol–water partition coefficient (Wildman–Crippen LogP) is 1.06. The van der Waals surface area contributed by atoms with Crippen LogP contribution >= 0.6 is 0 Å². The first-order valence-corrected chi connectivity index (χ1v) is 8.57. The van der Waals surface area contributed by atoms with Gasteiger partial charge in [-0.05, 0) is 38.5 Å². The first kappa shape index (κ1) is 29.1. The zero-order chi connectivity index (χ0) is 18.3. The molecule has 3 aliphatic heterocycles. The maximum atomic E-state index is 11.9. The number of ether oxygens (including phenoxy) is 3. The number of rotatable bonds is 0. The van der Waals surface area contributed by atoms with E-state index >= 15 is 0 Å². The summed E-state index contributed by atoms with van der Waals surface area (Å²) in [4.78, 5) is 0. The largest absolute Gasteiger partial charge is 2.00 e. The van der Waals surface area contributed by atoms with Gasteiger partial charge in [0, 0.05) is 62.9 Å². The molecule has 9 heteroatoms. The van der Waals surface area contributed by atoms with Crippen molar-refractivity contribution in [1.82, 2.24) is 0 Å². The smallest absolute Gasteiger partial charge is 1.00 e. The SMILES string of the molecule is C1CCOC1.C1CCOC1.C1CCOC1.Fc1[c-]c(F)c(F)cc1F.[Cl-].[Mg+2]. The van der Waals surface area contributed by atoms with E-state index in [2.05, 4.69) is 0 Å². The first-order valence-electron chi connectivity index (χ1n) is 8.57. The van der Waals surface area contributed by atoms with Gasteiger partial charge in [-0.3, -0.25) is 8.78 Å². The zero-order valence-electron chi connectivity index (χ0n) is 15.4. The molecule has 0 saturated carbocycles. The van der Waals surface area contributed by atoms with Crippen molar-refractivity contribution in [3.63, 3.8) is 0 Å². The van der Waals surface area contributed by atoms with Crippen LogP contribution in [-0.2, 0) is 14.2 Å². The van der Waals surface area contributed by atoms with Crippen molar-refractivity contribution in [2.75, 3.05) is 39.6 Å². The van der Waals surface area contributed by atoms with Crippen molar-refractivity contribution in [2.24, 2.45) is 0 Å². The van der Waals surface area contributed by atoms with Crippen molar-refractivity contribution in [3.05, 3.63) is 35.4 Å². The quantitative estimate of drug-likeness (QED) is 0.270. The fraction of sp³-hybridized carbons (Fsp3) is 0.667. The van der Waals surface area contributed by atoms with Crippen LogP contribution in [-0.4, -0.2) is 62.7 Å². The average molecular weight is 425 g/mol. The van der Waals surface area contributed by atoms with Gasteiger partial charge >= 0.3 is 23.1 Å². The molecule has 0 bridgehead atoms. The Hall–Kier alpha value is -0.124. The van der Waals surface area contributed by atoms with E-state index in [9.17, 15) is 17.6 Å². The Bertz CT molecular complexity index is 375. The van der Waals surface area contributed by atoms with Gasteiger partial charge in [0.25, 0.3) is 0 Å². The third-order valence-corrected chi connectivity index (χ3v) is 3.37. The van der Waals surface area contributed by atoms with Crippen LogP contribution in [0.25, 0.3) is 0 Å². The van der Waals surface area contributed by atoms with Crippen molar-refractivity contribution >= 4 is 23.1 Å². The van der Waals surface area contributed by atoms with Crippen LogP contribution in [0.3, 0.4) is 0 Å². The Morgan fingerprint density at radius 3 is 1.00 bits per heavy atom. The molecule has 3 aliphatic rings. The van der Waals surface area contributed by atoms with Gasteiger partial charge in [-0.15, -0.1) is 6.07 Å². The van der Waals surface area contributed by atoms with Crippen LogP contribution in [0.1, 0.15) is 38.5 Å². The standard InChI is InChI=1S/C6HF4.3C4H8O.ClH.Mg/c7-3-1-4(8)6(10)2-5(3)9;3*1-2-4-5-3-1;;/h1H;3*1-4H2;1H;/q-1;;;;;+2/p-1. The second kappa shape index (κ2) is 19.2.